The summed E-state index contributed by atoms with van der Waals surface area (Å²) in [6.07, 6.45) is 6.01. The lowest BCUT2D eigenvalue weighted by Crippen LogP contribution is -2.41. The van der Waals surface area contributed by atoms with Crippen molar-refractivity contribution in [3.63, 3.8) is 0 Å². The first-order valence-corrected chi connectivity index (χ1v) is 13.7. The minimum Gasteiger partial charge on any atom is -0.349 e. The van der Waals surface area contributed by atoms with Gasteiger partial charge in [-0.2, -0.15) is 0 Å². The third-order valence-corrected chi connectivity index (χ3v) is 7.73. The number of nitrogens with zero attached hydrogens (tertiary/aromatic N) is 2. The lowest BCUT2D eigenvalue weighted by Gasteiger charge is -2.29. The number of rotatable bonds is 8. The van der Waals surface area contributed by atoms with E-state index in [0.717, 1.165) is 38.5 Å². The van der Waals surface area contributed by atoms with Gasteiger partial charge in [0.25, 0.3) is 11.5 Å². The molecule has 2 fully saturated rings. The maximum Gasteiger partial charge on any atom is 0.331 e. The first kappa shape index (κ1) is 25.9. The van der Waals surface area contributed by atoms with Gasteiger partial charge in [0, 0.05) is 36.3 Å². The van der Waals surface area contributed by atoms with Gasteiger partial charge in [0.05, 0.1) is 10.9 Å². The topological polar surface area (TPSA) is 102 Å². The van der Waals surface area contributed by atoms with E-state index in [2.05, 4.69) is 10.6 Å². The molecule has 1 aromatic heterocycles. The Kier molecular flexibility index (Phi) is 7.49. The van der Waals surface area contributed by atoms with Crippen LogP contribution in [0, 0.1) is 11.8 Å². The first-order valence-electron chi connectivity index (χ1n) is 13.7. The summed E-state index contributed by atoms with van der Waals surface area (Å²) in [6, 6.07) is 14.3. The minimum atomic E-state index is -0.297. The van der Waals surface area contributed by atoms with E-state index >= 15 is 0 Å². The second-order valence-corrected chi connectivity index (χ2v) is 11.2. The lowest BCUT2D eigenvalue weighted by molar-refractivity contribution is -0.117. The molecule has 0 spiro atoms. The minimum absolute atomic E-state index is 0.0487. The zero-order valence-electron chi connectivity index (χ0n) is 22.1. The summed E-state index contributed by atoms with van der Waals surface area (Å²) in [5.41, 5.74) is 1.21. The predicted molar refractivity (Wildman–Crippen MR) is 148 cm³/mol. The van der Waals surface area contributed by atoms with Crippen molar-refractivity contribution in [3.8, 4) is 0 Å². The normalized spacial score (nSPS) is 19.4. The van der Waals surface area contributed by atoms with Crippen molar-refractivity contribution in [1.29, 1.82) is 0 Å². The van der Waals surface area contributed by atoms with E-state index in [1.807, 2.05) is 32.0 Å². The Morgan fingerprint density at radius 3 is 2.45 bits per heavy atom. The Labute approximate surface area is 222 Å². The molecule has 0 radical (unpaired) electrons. The molecule has 3 aromatic rings. The standard InChI is InChI=1S/C30H36N4O4/c1-19(2)34-26-14-13-24(17-25(26)29(37)33(30(34)38)18-20-11-12-20)31-27(35)16-21-7-6-10-23(15-21)32-28(36)22-8-4-3-5-9-22/h3-5,8-9,13-14,17,19-21,23H,6-7,10-12,15-16,18H2,1-2H3,(H,31,35)(H,32,36)/t21-,23+/m0/s1. The second kappa shape index (κ2) is 11.0. The van der Waals surface area contributed by atoms with Gasteiger partial charge in [-0.25, -0.2) is 4.79 Å². The van der Waals surface area contributed by atoms with Crippen LogP contribution in [0.4, 0.5) is 5.69 Å². The van der Waals surface area contributed by atoms with Gasteiger partial charge >= 0.3 is 5.69 Å². The SMILES string of the molecule is CC(C)n1c(=O)n(CC2CC2)c(=O)c2cc(NC(=O)C[C@H]3CCC[C@@H](NC(=O)c4ccccc4)C3)ccc21. The molecule has 2 aliphatic carbocycles. The number of hydrogen-bond donors (Lipinski definition) is 2. The monoisotopic (exact) mass is 516 g/mol. The molecule has 38 heavy (non-hydrogen) atoms. The van der Waals surface area contributed by atoms with Gasteiger partial charge in [0.15, 0.2) is 0 Å². The van der Waals surface area contributed by atoms with Crippen LogP contribution in [0.2, 0.25) is 0 Å². The Hall–Kier alpha value is -3.68. The van der Waals surface area contributed by atoms with Crippen LogP contribution in [0.5, 0.6) is 0 Å². The number of anilines is 1. The molecule has 2 atom stereocenters. The van der Waals surface area contributed by atoms with Gasteiger partial charge < -0.3 is 10.6 Å². The molecule has 2 aromatic carbocycles. The smallest absolute Gasteiger partial charge is 0.331 e. The third kappa shape index (κ3) is 5.74. The van der Waals surface area contributed by atoms with Gasteiger partial charge in [-0.15, -0.1) is 0 Å². The van der Waals surface area contributed by atoms with Crippen LogP contribution in [0.1, 0.15) is 75.2 Å². The molecule has 2 N–H and O–H groups in total. The fraction of sp³-hybridized carbons (Fsp3) is 0.467. The number of carbonyl (C=O) groups is 2. The van der Waals surface area contributed by atoms with Crippen molar-refractivity contribution in [2.75, 3.05) is 5.32 Å². The average molecular weight is 517 g/mol. The summed E-state index contributed by atoms with van der Waals surface area (Å²) >= 11 is 0. The highest BCUT2D eigenvalue weighted by atomic mass is 16.2. The third-order valence-electron chi connectivity index (χ3n) is 7.73. The quantitative estimate of drug-likeness (QED) is 0.461. The fourth-order valence-electron chi connectivity index (χ4n) is 5.62. The van der Waals surface area contributed by atoms with Gasteiger partial charge in [0.1, 0.15) is 0 Å². The molecule has 8 nitrogen and oxygen atoms in total. The Bertz CT molecular complexity index is 1450. The van der Waals surface area contributed by atoms with E-state index in [1.165, 1.54) is 4.57 Å². The molecule has 8 heteroatoms. The molecular formula is C30H36N4O4. The van der Waals surface area contributed by atoms with Crippen molar-refractivity contribution in [2.45, 2.75) is 77.4 Å². The molecule has 0 bridgehead atoms. The van der Waals surface area contributed by atoms with Crippen molar-refractivity contribution < 1.29 is 9.59 Å². The molecule has 0 unspecified atom stereocenters. The molecule has 1 heterocycles. The van der Waals surface area contributed by atoms with Crippen LogP contribution < -0.4 is 21.9 Å². The number of fused-ring (bicyclic) bond motifs is 1. The zero-order chi connectivity index (χ0) is 26.8. The van der Waals surface area contributed by atoms with Crippen LogP contribution in [0.25, 0.3) is 10.9 Å². The van der Waals surface area contributed by atoms with Gasteiger partial charge in [-0.05, 0) is 88.1 Å². The maximum absolute atomic E-state index is 13.3. The maximum atomic E-state index is 13.3. The van der Waals surface area contributed by atoms with Crippen molar-refractivity contribution in [1.82, 2.24) is 14.5 Å². The van der Waals surface area contributed by atoms with Crippen LogP contribution in [-0.2, 0) is 11.3 Å². The zero-order valence-corrected chi connectivity index (χ0v) is 22.1. The van der Waals surface area contributed by atoms with Crippen molar-refractivity contribution in [2.24, 2.45) is 11.8 Å². The van der Waals surface area contributed by atoms with E-state index in [9.17, 15) is 19.2 Å². The van der Waals surface area contributed by atoms with Crippen molar-refractivity contribution in [3.05, 3.63) is 74.9 Å². The van der Waals surface area contributed by atoms with E-state index < -0.39 is 0 Å². The molecule has 200 valence electrons. The van der Waals surface area contributed by atoms with Gasteiger partial charge in [-0.1, -0.05) is 24.6 Å². The van der Waals surface area contributed by atoms with Crippen LogP contribution in [0.3, 0.4) is 0 Å². The number of aromatic nitrogens is 2. The molecule has 5 rings (SSSR count). The molecule has 0 saturated heterocycles. The van der Waals surface area contributed by atoms with E-state index in [-0.39, 0.29) is 41.1 Å². The summed E-state index contributed by atoms with van der Waals surface area (Å²) in [5.74, 6) is 0.370. The summed E-state index contributed by atoms with van der Waals surface area (Å²) in [5, 5.41) is 6.53. The average Bonchev–Trinajstić information content (AvgIpc) is 3.72. The number of amides is 2. The molecule has 2 saturated carbocycles. The van der Waals surface area contributed by atoms with Gasteiger partial charge in [0.2, 0.25) is 5.91 Å². The Balaban J connectivity index is 1.27. The molecule has 0 aliphatic heterocycles. The Morgan fingerprint density at radius 1 is 0.974 bits per heavy atom. The molecular weight excluding hydrogens is 480 g/mol. The predicted octanol–water partition coefficient (Wildman–Crippen LogP) is 4.47. The highest BCUT2D eigenvalue weighted by molar-refractivity contribution is 5.95. The van der Waals surface area contributed by atoms with E-state index in [1.54, 1.807) is 34.9 Å². The van der Waals surface area contributed by atoms with E-state index in [4.69, 9.17) is 0 Å². The second-order valence-electron chi connectivity index (χ2n) is 11.2. The highest BCUT2D eigenvalue weighted by Crippen LogP contribution is 2.30. The van der Waals surface area contributed by atoms with Crippen molar-refractivity contribution >= 4 is 28.4 Å². The number of carbonyl (C=O) groups excluding carboxylic acids is 2. The highest BCUT2D eigenvalue weighted by Gasteiger charge is 2.27. The Morgan fingerprint density at radius 2 is 1.74 bits per heavy atom. The fourth-order valence-corrected chi connectivity index (χ4v) is 5.62. The summed E-state index contributed by atoms with van der Waals surface area (Å²) in [7, 11) is 0. The summed E-state index contributed by atoms with van der Waals surface area (Å²) in [6.45, 7) is 4.31. The van der Waals surface area contributed by atoms with E-state index in [0.29, 0.717) is 41.0 Å². The summed E-state index contributed by atoms with van der Waals surface area (Å²) < 4.78 is 3.02. The number of hydrogen-bond acceptors (Lipinski definition) is 4. The van der Waals surface area contributed by atoms with Crippen LogP contribution in [-0.4, -0.2) is 27.0 Å². The number of benzene rings is 2. The summed E-state index contributed by atoms with van der Waals surface area (Å²) in [4.78, 5) is 51.9. The van der Waals surface area contributed by atoms with Gasteiger partial charge in [-0.3, -0.25) is 23.5 Å². The first-order chi connectivity index (χ1) is 18.3. The number of nitrogens with one attached hydrogen (secondary N) is 2. The largest absolute Gasteiger partial charge is 0.349 e. The molecule has 2 aliphatic rings. The lowest BCUT2D eigenvalue weighted by atomic mass is 9.83. The van der Waals surface area contributed by atoms with Crippen LogP contribution in [0.15, 0.2) is 58.1 Å². The van der Waals surface area contributed by atoms with Crippen LogP contribution >= 0.6 is 0 Å². The molecule has 2 amide bonds.